The fourth-order valence-electron chi connectivity index (χ4n) is 1.36. The molecule has 1 aromatic carbocycles. The van der Waals surface area contributed by atoms with Crippen molar-refractivity contribution in [3.8, 4) is 0 Å². The maximum atomic E-state index is 11.7. The molecule has 1 rings (SSSR count). The highest BCUT2D eigenvalue weighted by Gasteiger charge is 2.10. The molecule has 8 heteroatoms. The summed E-state index contributed by atoms with van der Waals surface area (Å²) in [4.78, 5) is 33.4. The Bertz CT molecular complexity index is 549. The number of esters is 1. The molecule has 1 aromatic rings. The first kappa shape index (κ1) is 17.3. The molecule has 0 saturated heterocycles. The van der Waals surface area contributed by atoms with Crippen LogP contribution in [0.1, 0.15) is 16.8 Å². The van der Waals surface area contributed by atoms with Crippen molar-refractivity contribution in [3.05, 3.63) is 28.8 Å². The number of carboxylic acids is 1. The summed E-state index contributed by atoms with van der Waals surface area (Å²) in [5, 5.41) is 11.7. The first-order chi connectivity index (χ1) is 9.93. The van der Waals surface area contributed by atoms with E-state index in [2.05, 4.69) is 10.1 Å². The molecule has 21 heavy (non-hydrogen) atoms. The molecule has 1 amide bonds. The average molecular weight is 332 g/mol. The molecule has 114 valence electrons. The van der Waals surface area contributed by atoms with Crippen molar-refractivity contribution in [2.24, 2.45) is 0 Å². The second kappa shape index (κ2) is 8.53. The Balaban J connectivity index is 2.49. The van der Waals surface area contributed by atoms with E-state index in [0.29, 0.717) is 5.75 Å². The van der Waals surface area contributed by atoms with E-state index >= 15 is 0 Å². The minimum atomic E-state index is -1.10. The monoisotopic (exact) mass is 331 g/mol. The molecule has 0 aromatic heterocycles. The van der Waals surface area contributed by atoms with Gasteiger partial charge in [0.25, 0.3) is 0 Å². The highest BCUT2D eigenvalue weighted by molar-refractivity contribution is 7.99. The molecule has 6 nitrogen and oxygen atoms in total. The maximum Gasteiger partial charge on any atom is 0.335 e. The van der Waals surface area contributed by atoms with E-state index in [-0.39, 0.29) is 40.3 Å². The van der Waals surface area contributed by atoms with E-state index in [9.17, 15) is 14.4 Å². The Morgan fingerprint density at radius 2 is 2.10 bits per heavy atom. The number of carboxylic acid groups (broad SMARTS) is 1. The number of carbonyl (C=O) groups is 3. The van der Waals surface area contributed by atoms with E-state index < -0.39 is 5.97 Å². The van der Waals surface area contributed by atoms with Crippen LogP contribution in [-0.2, 0) is 14.3 Å². The van der Waals surface area contributed by atoms with Crippen LogP contribution in [0.3, 0.4) is 0 Å². The minimum Gasteiger partial charge on any atom is -0.478 e. The van der Waals surface area contributed by atoms with Gasteiger partial charge >= 0.3 is 11.9 Å². The summed E-state index contributed by atoms with van der Waals surface area (Å²) < 4.78 is 4.48. The quantitative estimate of drug-likeness (QED) is 0.588. The van der Waals surface area contributed by atoms with Gasteiger partial charge in [0.15, 0.2) is 0 Å². The predicted molar refractivity (Wildman–Crippen MR) is 81.0 cm³/mol. The third kappa shape index (κ3) is 6.05. The number of aromatic carboxylic acids is 1. The minimum absolute atomic E-state index is 0.0352. The molecule has 0 unspecified atom stereocenters. The number of nitrogens with one attached hydrogen (secondary N) is 1. The number of rotatable bonds is 7. The molecular formula is C13H14ClNO5S. The van der Waals surface area contributed by atoms with E-state index in [1.54, 1.807) is 0 Å². The van der Waals surface area contributed by atoms with Crippen molar-refractivity contribution >= 4 is 46.9 Å². The first-order valence-electron chi connectivity index (χ1n) is 5.91. The van der Waals surface area contributed by atoms with Crippen LogP contribution < -0.4 is 5.32 Å². The van der Waals surface area contributed by atoms with Gasteiger partial charge in [-0.25, -0.2) is 4.79 Å². The third-order valence-electron chi connectivity index (χ3n) is 2.40. The molecule has 0 aliphatic heterocycles. The Morgan fingerprint density at radius 3 is 2.71 bits per heavy atom. The molecule has 0 radical (unpaired) electrons. The Kier molecular flexibility index (Phi) is 7.04. The maximum absolute atomic E-state index is 11.7. The fraction of sp³-hybridized carbons (Fsp3) is 0.308. The number of hydrogen-bond donors (Lipinski definition) is 2. The summed E-state index contributed by atoms with van der Waals surface area (Å²) in [6, 6.07) is 4.05. The van der Waals surface area contributed by atoms with Crippen LogP contribution in [0.25, 0.3) is 0 Å². The molecule has 2 N–H and O–H groups in total. The number of methoxy groups -OCH3 is 1. The highest BCUT2D eigenvalue weighted by Crippen LogP contribution is 2.23. The summed E-state index contributed by atoms with van der Waals surface area (Å²) in [7, 11) is 1.30. The number of hydrogen-bond acceptors (Lipinski definition) is 5. The van der Waals surface area contributed by atoms with E-state index in [4.69, 9.17) is 16.7 Å². The average Bonchev–Trinajstić information content (AvgIpc) is 2.45. The molecular weight excluding hydrogens is 318 g/mol. The van der Waals surface area contributed by atoms with Crippen LogP contribution in [0.4, 0.5) is 5.69 Å². The standard InChI is InChI=1S/C13H14ClNO5S/c1-20-12(17)4-5-21-7-11(16)15-10-6-8(13(18)19)2-3-9(10)14/h2-3,6H,4-5,7H2,1H3,(H,15,16)(H,18,19). The van der Waals surface area contributed by atoms with E-state index in [0.717, 1.165) is 0 Å². The number of carbonyl (C=O) groups excluding carboxylic acids is 2. The summed E-state index contributed by atoms with van der Waals surface area (Å²) in [5.74, 6) is -1.17. The Labute approximate surface area is 130 Å². The lowest BCUT2D eigenvalue weighted by atomic mass is 10.2. The van der Waals surface area contributed by atoms with Crippen LogP contribution in [0, 0.1) is 0 Å². The van der Waals surface area contributed by atoms with Crippen LogP contribution in [0.2, 0.25) is 5.02 Å². The largest absolute Gasteiger partial charge is 0.478 e. The van der Waals surface area contributed by atoms with Gasteiger partial charge in [-0.15, -0.1) is 0 Å². The Morgan fingerprint density at radius 1 is 1.38 bits per heavy atom. The SMILES string of the molecule is COC(=O)CCSCC(=O)Nc1cc(C(=O)O)ccc1Cl. The fourth-order valence-corrected chi connectivity index (χ4v) is 2.24. The van der Waals surface area contributed by atoms with Gasteiger partial charge in [0, 0.05) is 5.75 Å². The lowest BCUT2D eigenvalue weighted by Crippen LogP contribution is -2.15. The molecule has 0 bridgehead atoms. The van der Waals surface area contributed by atoms with E-state index in [1.165, 1.54) is 37.1 Å². The van der Waals surface area contributed by atoms with Gasteiger partial charge < -0.3 is 15.2 Å². The zero-order valence-corrected chi connectivity index (χ0v) is 12.8. The van der Waals surface area contributed by atoms with E-state index in [1.807, 2.05) is 0 Å². The van der Waals surface area contributed by atoms with Crippen molar-refractivity contribution in [1.82, 2.24) is 0 Å². The van der Waals surface area contributed by atoms with Gasteiger partial charge in [-0.1, -0.05) is 11.6 Å². The summed E-state index contributed by atoms with van der Waals surface area (Å²) in [6.45, 7) is 0. The van der Waals surface area contributed by atoms with Crippen LogP contribution >= 0.6 is 23.4 Å². The first-order valence-corrected chi connectivity index (χ1v) is 7.44. The number of amides is 1. The second-order valence-electron chi connectivity index (χ2n) is 3.93. The van der Waals surface area contributed by atoms with Crippen molar-refractivity contribution in [1.29, 1.82) is 0 Å². The van der Waals surface area contributed by atoms with Gasteiger partial charge in [0.05, 0.1) is 35.6 Å². The van der Waals surface area contributed by atoms with Crippen molar-refractivity contribution in [2.45, 2.75) is 6.42 Å². The van der Waals surface area contributed by atoms with Gasteiger partial charge in [0.2, 0.25) is 5.91 Å². The topological polar surface area (TPSA) is 92.7 Å². The molecule has 0 aliphatic carbocycles. The van der Waals surface area contributed by atoms with Crippen LogP contribution in [0.15, 0.2) is 18.2 Å². The zero-order chi connectivity index (χ0) is 15.8. The molecule has 0 heterocycles. The predicted octanol–water partition coefficient (Wildman–Crippen LogP) is 2.27. The van der Waals surface area contributed by atoms with Crippen LogP contribution in [0.5, 0.6) is 0 Å². The van der Waals surface area contributed by atoms with Crippen LogP contribution in [-0.4, -0.2) is 41.6 Å². The molecule has 0 fully saturated rings. The van der Waals surface area contributed by atoms with Crippen molar-refractivity contribution in [3.63, 3.8) is 0 Å². The number of benzene rings is 1. The van der Waals surface area contributed by atoms with Crippen molar-refractivity contribution in [2.75, 3.05) is 23.9 Å². The highest BCUT2D eigenvalue weighted by atomic mass is 35.5. The van der Waals surface area contributed by atoms with Crippen molar-refractivity contribution < 1.29 is 24.2 Å². The summed E-state index contributed by atoms with van der Waals surface area (Å²) in [5.41, 5.74) is 0.281. The molecule has 0 atom stereocenters. The normalized spacial score (nSPS) is 10.0. The van der Waals surface area contributed by atoms with Gasteiger partial charge in [-0.05, 0) is 18.2 Å². The number of thioether (sulfide) groups is 1. The van der Waals surface area contributed by atoms with Gasteiger partial charge in [0.1, 0.15) is 0 Å². The lowest BCUT2D eigenvalue weighted by Gasteiger charge is -2.08. The Hall–Kier alpha value is -1.73. The number of anilines is 1. The number of ether oxygens (including phenoxy) is 1. The molecule has 0 spiro atoms. The summed E-state index contributed by atoms with van der Waals surface area (Å²) in [6.07, 6.45) is 0.226. The second-order valence-corrected chi connectivity index (χ2v) is 5.44. The number of halogens is 1. The van der Waals surface area contributed by atoms with Gasteiger partial charge in [-0.2, -0.15) is 11.8 Å². The molecule has 0 aliphatic rings. The smallest absolute Gasteiger partial charge is 0.335 e. The third-order valence-corrected chi connectivity index (χ3v) is 3.69. The van der Waals surface area contributed by atoms with Gasteiger partial charge in [-0.3, -0.25) is 9.59 Å². The summed E-state index contributed by atoms with van der Waals surface area (Å²) >= 11 is 7.16. The zero-order valence-electron chi connectivity index (χ0n) is 11.2. The lowest BCUT2D eigenvalue weighted by molar-refractivity contribution is -0.140. The molecule has 0 saturated carbocycles.